The van der Waals surface area contributed by atoms with E-state index in [1.807, 2.05) is 38.3 Å². The Labute approximate surface area is 142 Å². The van der Waals surface area contributed by atoms with E-state index < -0.39 is 0 Å². The van der Waals surface area contributed by atoms with Crippen LogP contribution in [-0.4, -0.2) is 23.8 Å². The minimum Gasteiger partial charge on any atom is -0.509 e. The molecule has 0 saturated heterocycles. The van der Waals surface area contributed by atoms with Gasteiger partial charge in [-0.3, -0.25) is 4.79 Å². The number of phenols is 1. The molecule has 2 aromatic carbocycles. The first-order valence-electron chi connectivity index (χ1n) is 8.23. The van der Waals surface area contributed by atoms with Crippen molar-refractivity contribution < 1.29 is 9.90 Å². The zero-order valence-electron chi connectivity index (χ0n) is 13.8. The SMILES string of the molecule is Bc1cc(CNC(=O)CCCc2c[nH]c3ccccc23)ccc1O. The second-order valence-corrected chi connectivity index (χ2v) is 6.11. The Bertz CT molecular complexity index is 857. The summed E-state index contributed by atoms with van der Waals surface area (Å²) in [5.41, 5.74) is 4.21. The highest BCUT2D eigenvalue weighted by Crippen LogP contribution is 2.19. The van der Waals surface area contributed by atoms with E-state index in [1.54, 1.807) is 6.07 Å². The highest BCUT2D eigenvalue weighted by Gasteiger charge is 2.06. The van der Waals surface area contributed by atoms with Gasteiger partial charge in [0.15, 0.2) is 0 Å². The van der Waals surface area contributed by atoms with Gasteiger partial charge in [0.05, 0.1) is 0 Å². The second kappa shape index (κ2) is 7.26. The van der Waals surface area contributed by atoms with E-state index in [9.17, 15) is 9.90 Å². The lowest BCUT2D eigenvalue weighted by Gasteiger charge is -2.07. The number of aromatic nitrogens is 1. The molecule has 3 N–H and O–H groups in total. The molecule has 3 aromatic rings. The van der Waals surface area contributed by atoms with Gasteiger partial charge >= 0.3 is 0 Å². The summed E-state index contributed by atoms with van der Waals surface area (Å²) in [6, 6.07) is 13.6. The number of fused-ring (bicyclic) bond motifs is 1. The fourth-order valence-corrected chi connectivity index (χ4v) is 2.89. The van der Waals surface area contributed by atoms with Crippen LogP contribution in [0.25, 0.3) is 10.9 Å². The van der Waals surface area contributed by atoms with E-state index >= 15 is 0 Å². The molecule has 0 fully saturated rings. The van der Waals surface area contributed by atoms with Gasteiger partial charge in [0, 0.05) is 30.1 Å². The first-order chi connectivity index (χ1) is 11.6. The van der Waals surface area contributed by atoms with Crippen LogP contribution in [0.3, 0.4) is 0 Å². The molecular weight excluding hydrogens is 299 g/mol. The predicted molar refractivity (Wildman–Crippen MR) is 99.4 cm³/mol. The summed E-state index contributed by atoms with van der Waals surface area (Å²) < 4.78 is 0. The van der Waals surface area contributed by atoms with E-state index in [4.69, 9.17) is 0 Å². The van der Waals surface area contributed by atoms with E-state index in [2.05, 4.69) is 22.4 Å². The quantitative estimate of drug-likeness (QED) is 0.606. The summed E-state index contributed by atoms with van der Waals surface area (Å²) in [7, 11) is 1.85. The number of benzene rings is 2. The van der Waals surface area contributed by atoms with Crippen molar-refractivity contribution in [2.45, 2.75) is 25.8 Å². The molecule has 0 bridgehead atoms. The molecule has 5 heteroatoms. The largest absolute Gasteiger partial charge is 0.509 e. The second-order valence-electron chi connectivity index (χ2n) is 6.11. The zero-order valence-corrected chi connectivity index (χ0v) is 13.8. The fourth-order valence-electron chi connectivity index (χ4n) is 2.89. The Balaban J connectivity index is 1.46. The average molecular weight is 320 g/mol. The number of hydrogen-bond acceptors (Lipinski definition) is 2. The normalized spacial score (nSPS) is 10.8. The van der Waals surface area contributed by atoms with E-state index in [0.29, 0.717) is 13.0 Å². The summed E-state index contributed by atoms with van der Waals surface area (Å²) >= 11 is 0. The molecule has 24 heavy (non-hydrogen) atoms. The van der Waals surface area contributed by atoms with Crippen LogP contribution in [0, 0.1) is 0 Å². The van der Waals surface area contributed by atoms with E-state index in [-0.39, 0.29) is 11.7 Å². The third-order valence-corrected chi connectivity index (χ3v) is 4.28. The van der Waals surface area contributed by atoms with Gasteiger partial charge in [-0.15, -0.1) is 0 Å². The first kappa shape index (κ1) is 16.2. The van der Waals surface area contributed by atoms with Gasteiger partial charge in [-0.2, -0.15) is 0 Å². The molecule has 0 aliphatic carbocycles. The van der Waals surface area contributed by atoms with Crippen LogP contribution in [0.5, 0.6) is 5.75 Å². The summed E-state index contributed by atoms with van der Waals surface area (Å²) in [6.45, 7) is 0.493. The Hall–Kier alpha value is -2.69. The molecule has 0 aliphatic rings. The van der Waals surface area contributed by atoms with Crippen LogP contribution >= 0.6 is 0 Å². The van der Waals surface area contributed by atoms with Gasteiger partial charge in [-0.25, -0.2) is 0 Å². The number of aromatic amines is 1. The maximum atomic E-state index is 12.0. The topological polar surface area (TPSA) is 65.1 Å². The number of carbonyl (C=O) groups excluding carboxylic acids is 1. The molecule has 0 aliphatic heterocycles. The number of para-hydroxylation sites is 1. The summed E-state index contributed by atoms with van der Waals surface area (Å²) in [5, 5.41) is 13.7. The van der Waals surface area contributed by atoms with Crippen molar-refractivity contribution in [3.63, 3.8) is 0 Å². The number of aromatic hydroxyl groups is 1. The lowest BCUT2D eigenvalue weighted by Crippen LogP contribution is -2.23. The van der Waals surface area contributed by atoms with Crippen molar-refractivity contribution in [3.05, 3.63) is 59.8 Å². The molecule has 1 amide bonds. The fraction of sp³-hybridized carbons (Fsp3) is 0.211. The lowest BCUT2D eigenvalue weighted by molar-refractivity contribution is -0.121. The average Bonchev–Trinajstić information content (AvgIpc) is 2.99. The molecule has 3 rings (SSSR count). The van der Waals surface area contributed by atoms with Gasteiger partial charge in [0.2, 0.25) is 5.91 Å². The van der Waals surface area contributed by atoms with Crippen LogP contribution in [0.2, 0.25) is 0 Å². The first-order valence-corrected chi connectivity index (χ1v) is 8.23. The summed E-state index contributed by atoms with van der Waals surface area (Å²) in [6.07, 6.45) is 4.25. The molecule has 0 atom stereocenters. The molecule has 0 spiro atoms. The smallest absolute Gasteiger partial charge is 0.220 e. The number of amides is 1. The molecule has 122 valence electrons. The minimum absolute atomic E-state index is 0.0561. The van der Waals surface area contributed by atoms with Crippen LogP contribution in [-0.2, 0) is 17.8 Å². The highest BCUT2D eigenvalue weighted by atomic mass is 16.3. The summed E-state index contributed by atoms with van der Waals surface area (Å²) in [4.78, 5) is 15.3. The molecule has 0 saturated carbocycles. The van der Waals surface area contributed by atoms with Crippen LogP contribution in [0.4, 0.5) is 0 Å². The van der Waals surface area contributed by atoms with Crippen LogP contribution in [0.15, 0.2) is 48.7 Å². The monoisotopic (exact) mass is 320 g/mol. The van der Waals surface area contributed by atoms with Gasteiger partial charge in [-0.05, 0) is 41.6 Å². The molecule has 4 nitrogen and oxygen atoms in total. The predicted octanol–water partition coefficient (Wildman–Crippen LogP) is 1.77. The van der Waals surface area contributed by atoms with Crippen molar-refractivity contribution >= 4 is 30.1 Å². The van der Waals surface area contributed by atoms with Gasteiger partial charge in [0.25, 0.3) is 0 Å². The molecule has 0 unspecified atom stereocenters. The maximum Gasteiger partial charge on any atom is 0.220 e. The van der Waals surface area contributed by atoms with Crippen molar-refractivity contribution in [1.29, 1.82) is 0 Å². The van der Waals surface area contributed by atoms with Crippen molar-refractivity contribution in [1.82, 2.24) is 10.3 Å². The number of phenolic OH excluding ortho intramolecular Hbond substituents is 1. The number of rotatable bonds is 6. The van der Waals surface area contributed by atoms with E-state index in [1.165, 1.54) is 10.9 Å². The van der Waals surface area contributed by atoms with Crippen molar-refractivity contribution in [2.75, 3.05) is 0 Å². The Morgan fingerprint density at radius 3 is 2.88 bits per heavy atom. The third-order valence-electron chi connectivity index (χ3n) is 4.28. The zero-order chi connectivity index (χ0) is 16.9. The number of H-pyrrole nitrogens is 1. The van der Waals surface area contributed by atoms with Crippen molar-refractivity contribution in [2.24, 2.45) is 0 Å². The number of aryl methyl sites for hydroxylation is 1. The Morgan fingerprint density at radius 1 is 1.21 bits per heavy atom. The standard InChI is InChI=1S/C19H21BN2O2/c20-16-10-13(8-9-18(16)23)11-22-19(24)7-3-4-14-12-21-17-6-2-1-5-15(14)17/h1-2,5-6,8-10,12,21,23H,3-4,7,11,20H2,(H,22,24). The number of carbonyl (C=O) groups is 1. The third kappa shape index (κ3) is 3.80. The number of hydrogen-bond donors (Lipinski definition) is 3. The van der Waals surface area contributed by atoms with Gasteiger partial charge in [0.1, 0.15) is 13.6 Å². The van der Waals surface area contributed by atoms with Crippen LogP contribution < -0.4 is 10.8 Å². The van der Waals surface area contributed by atoms with Crippen molar-refractivity contribution in [3.8, 4) is 5.75 Å². The van der Waals surface area contributed by atoms with Gasteiger partial charge < -0.3 is 15.4 Å². The Morgan fingerprint density at radius 2 is 2.04 bits per heavy atom. The minimum atomic E-state index is 0.0561. The lowest BCUT2D eigenvalue weighted by atomic mass is 9.93. The summed E-state index contributed by atoms with van der Waals surface area (Å²) in [5.74, 6) is 0.337. The molecule has 1 aromatic heterocycles. The molecular formula is C19H21BN2O2. The number of nitrogens with one attached hydrogen (secondary N) is 2. The highest BCUT2D eigenvalue weighted by molar-refractivity contribution is 6.34. The van der Waals surface area contributed by atoms with E-state index in [0.717, 1.165) is 29.4 Å². The van der Waals surface area contributed by atoms with Crippen LogP contribution in [0.1, 0.15) is 24.0 Å². The molecule has 1 heterocycles. The van der Waals surface area contributed by atoms with Gasteiger partial charge in [-0.1, -0.05) is 30.3 Å². The maximum absolute atomic E-state index is 12.0. The Kier molecular flexibility index (Phi) is 4.89. The molecule has 0 radical (unpaired) electrons.